The van der Waals surface area contributed by atoms with E-state index in [0.717, 1.165) is 17.7 Å². The van der Waals surface area contributed by atoms with Gasteiger partial charge in [0.15, 0.2) is 0 Å². The van der Waals surface area contributed by atoms with Gasteiger partial charge in [-0.1, -0.05) is 24.3 Å². The number of hydrogen-bond acceptors (Lipinski definition) is 6. The summed E-state index contributed by atoms with van der Waals surface area (Å²) in [5.74, 6) is 0.793. The first-order valence-electron chi connectivity index (χ1n) is 8.49. The van der Waals surface area contributed by atoms with Crippen molar-refractivity contribution in [3.63, 3.8) is 0 Å². The lowest BCUT2D eigenvalue weighted by atomic mass is 9.98. The molecule has 0 aliphatic heterocycles. The maximum Gasteiger partial charge on any atom is 0.294 e. The Morgan fingerprint density at radius 2 is 2.24 bits per heavy atom. The van der Waals surface area contributed by atoms with Crippen LogP contribution in [0, 0.1) is 10.1 Å². The van der Waals surface area contributed by atoms with Crippen molar-refractivity contribution in [2.24, 2.45) is 0 Å². The van der Waals surface area contributed by atoms with Crippen molar-refractivity contribution in [1.82, 2.24) is 5.32 Å². The summed E-state index contributed by atoms with van der Waals surface area (Å²) in [6.45, 7) is 4.64. The summed E-state index contributed by atoms with van der Waals surface area (Å²) in [6, 6.07) is 5.95. The zero-order chi connectivity index (χ0) is 18.3. The summed E-state index contributed by atoms with van der Waals surface area (Å²) >= 11 is 0. The average molecular weight is 350 g/mol. The number of nitrogens with zero attached hydrogens (tertiary/aromatic N) is 1. The van der Waals surface area contributed by atoms with Crippen LogP contribution in [0.25, 0.3) is 6.08 Å². The second-order valence-corrected chi connectivity index (χ2v) is 6.83. The maximum atomic E-state index is 10.1. The van der Waals surface area contributed by atoms with Crippen molar-refractivity contribution in [1.29, 1.82) is 0 Å². The van der Waals surface area contributed by atoms with E-state index >= 15 is 0 Å². The molecule has 0 saturated carbocycles. The number of benzene rings is 1. The van der Waals surface area contributed by atoms with E-state index in [9.17, 15) is 15.2 Å². The summed E-state index contributed by atoms with van der Waals surface area (Å²) in [4.78, 5) is 14.4. The molecule has 0 aromatic heterocycles. The third-order valence-corrected chi connectivity index (χ3v) is 4.17. The molecular formula is C18H26N2O5. The molecule has 1 aromatic rings. The molecule has 1 aliphatic rings. The van der Waals surface area contributed by atoms with Gasteiger partial charge >= 0.3 is 0 Å². The highest BCUT2D eigenvalue weighted by Gasteiger charge is 2.19. The van der Waals surface area contributed by atoms with Gasteiger partial charge in [-0.2, -0.15) is 0 Å². The van der Waals surface area contributed by atoms with E-state index in [0.29, 0.717) is 19.4 Å². The summed E-state index contributed by atoms with van der Waals surface area (Å²) in [7, 11) is 0. The van der Waals surface area contributed by atoms with Gasteiger partial charge in [-0.3, -0.25) is 0 Å². The van der Waals surface area contributed by atoms with E-state index in [2.05, 4.69) is 22.3 Å². The number of fused-ring (bicyclic) bond motifs is 1. The van der Waals surface area contributed by atoms with Crippen molar-refractivity contribution in [2.75, 3.05) is 19.8 Å². The van der Waals surface area contributed by atoms with Crippen LogP contribution in [0.5, 0.6) is 5.75 Å². The summed E-state index contributed by atoms with van der Waals surface area (Å²) in [6.07, 6.45) is 5.69. The van der Waals surface area contributed by atoms with Crippen LogP contribution in [0.3, 0.4) is 0 Å². The fraction of sp³-hybridized carbons (Fsp3) is 0.556. The Balaban J connectivity index is 1.70. The van der Waals surface area contributed by atoms with Gasteiger partial charge in [-0.05, 0) is 44.7 Å². The Kier molecular flexibility index (Phi) is 6.78. The van der Waals surface area contributed by atoms with Gasteiger partial charge in [0.1, 0.15) is 18.5 Å². The predicted octanol–water partition coefficient (Wildman–Crippen LogP) is 2.35. The minimum atomic E-state index is -0.781. The predicted molar refractivity (Wildman–Crippen MR) is 94.9 cm³/mol. The number of hydrogen-bond donors (Lipinski definition) is 2. The molecule has 1 unspecified atom stereocenters. The third kappa shape index (κ3) is 6.36. The number of ether oxygens (including phenoxy) is 1. The van der Waals surface area contributed by atoms with Gasteiger partial charge in [-0.25, -0.2) is 0 Å². The minimum Gasteiger partial charge on any atom is -0.490 e. The molecule has 0 amide bonds. The van der Waals surface area contributed by atoms with E-state index in [1.54, 1.807) is 0 Å². The van der Waals surface area contributed by atoms with Crippen LogP contribution in [0.15, 0.2) is 24.3 Å². The average Bonchev–Trinajstić information content (AvgIpc) is 3.04. The van der Waals surface area contributed by atoms with Crippen LogP contribution in [0.1, 0.15) is 37.8 Å². The van der Waals surface area contributed by atoms with Gasteiger partial charge in [-0.15, -0.1) is 10.1 Å². The number of aliphatic hydroxyl groups excluding tert-OH is 1. The summed E-state index contributed by atoms with van der Waals surface area (Å²) < 4.78 is 5.76. The first-order valence-corrected chi connectivity index (χ1v) is 8.49. The first-order chi connectivity index (χ1) is 11.9. The normalized spacial score (nSPS) is 14.2. The zero-order valence-electron chi connectivity index (χ0n) is 14.7. The number of nitrogens with one attached hydrogen (secondary N) is 1. The smallest absolute Gasteiger partial charge is 0.294 e. The first kappa shape index (κ1) is 19.2. The Morgan fingerprint density at radius 3 is 3.00 bits per heavy atom. The van der Waals surface area contributed by atoms with Crippen LogP contribution in [0.4, 0.5) is 0 Å². The molecule has 0 bridgehead atoms. The lowest BCUT2D eigenvalue weighted by molar-refractivity contribution is -0.757. The lowest BCUT2D eigenvalue weighted by Crippen LogP contribution is -2.44. The Hall–Kier alpha value is -2.12. The molecule has 2 N–H and O–H groups in total. The van der Waals surface area contributed by atoms with E-state index in [-0.39, 0.29) is 18.8 Å². The Bertz CT molecular complexity index is 615. The monoisotopic (exact) mass is 350 g/mol. The molecule has 0 spiro atoms. The standard InChI is InChI=1S/C18H26N2O5/c1-18(2,10-5-11-25-20(22)23)19-12-15(21)13-24-17-9-4-7-14-6-3-8-16(14)17/h3-4,7-9,15,19,21H,5-6,10-13H2,1-2H3. The number of allylic oxidation sites excluding steroid dienone is 1. The molecule has 2 rings (SSSR count). The number of aliphatic hydroxyl groups is 1. The molecule has 0 heterocycles. The molecule has 138 valence electrons. The van der Waals surface area contributed by atoms with Crippen molar-refractivity contribution < 1.29 is 19.8 Å². The molecule has 7 heteroatoms. The van der Waals surface area contributed by atoms with Gasteiger partial charge in [0, 0.05) is 17.6 Å². The third-order valence-electron chi connectivity index (χ3n) is 4.17. The molecule has 0 saturated heterocycles. The van der Waals surface area contributed by atoms with Crippen LogP contribution in [-0.2, 0) is 11.3 Å². The second-order valence-electron chi connectivity index (χ2n) is 6.83. The van der Waals surface area contributed by atoms with Crippen LogP contribution in [-0.4, -0.2) is 41.6 Å². The van der Waals surface area contributed by atoms with E-state index in [1.807, 2.05) is 32.1 Å². The molecule has 1 atom stereocenters. The van der Waals surface area contributed by atoms with Gasteiger partial charge < -0.3 is 20.0 Å². The molecule has 0 fully saturated rings. The highest BCUT2D eigenvalue weighted by Crippen LogP contribution is 2.28. The zero-order valence-corrected chi connectivity index (χ0v) is 14.7. The Labute approximate surface area is 147 Å². The number of β-amino-alcohol motifs (C(OH)–C–C–N with tert-alkyl or cyclic N) is 1. The number of rotatable bonds is 11. The molecule has 1 aromatic carbocycles. The Morgan fingerprint density at radius 1 is 1.44 bits per heavy atom. The highest BCUT2D eigenvalue weighted by molar-refractivity contribution is 5.66. The molecule has 7 nitrogen and oxygen atoms in total. The summed E-state index contributed by atoms with van der Waals surface area (Å²) in [5, 5.41) is 22.7. The maximum absolute atomic E-state index is 10.1. The van der Waals surface area contributed by atoms with Gasteiger partial charge in [0.25, 0.3) is 5.09 Å². The second kappa shape index (κ2) is 8.82. The van der Waals surface area contributed by atoms with Crippen molar-refractivity contribution in [3.05, 3.63) is 45.5 Å². The SMILES string of the molecule is CC(C)(CCCO[N+](=O)[O-])NCC(O)COc1cccc2c1C=CC2. The quantitative estimate of drug-likeness (QED) is 0.361. The molecular weight excluding hydrogens is 324 g/mol. The van der Waals surface area contributed by atoms with Gasteiger partial charge in [0.2, 0.25) is 0 Å². The van der Waals surface area contributed by atoms with E-state index in [1.165, 1.54) is 5.56 Å². The molecule has 1 aliphatic carbocycles. The fourth-order valence-corrected chi connectivity index (χ4v) is 2.77. The minimum absolute atomic E-state index is 0.0798. The fourth-order valence-electron chi connectivity index (χ4n) is 2.77. The molecule has 0 radical (unpaired) electrons. The topological polar surface area (TPSA) is 93.9 Å². The lowest BCUT2D eigenvalue weighted by Gasteiger charge is -2.27. The largest absolute Gasteiger partial charge is 0.490 e. The molecule has 25 heavy (non-hydrogen) atoms. The van der Waals surface area contributed by atoms with Crippen molar-refractivity contribution in [2.45, 2.75) is 44.8 Å². The van der Waals surface area contributed by atoms with Crippen molar-refractivity contribution >= 4 is 6.08 Å². The summed E-state index contributed by atoms with van der Waals surface area (Å²) in [5.41, 5.74) is 2.08. The van der Waals surface area contributed by atoms with Crippen LogP contribution < -0.4 is 10.1 Å². The van der Waals surface area contributed by atoms with Crippen molar-refractivity contribution in [3.8, 4) is 5.75 Å². The van der Waals surface area contributed by atoms with Crippen LogP contribution >= 0.6 is 0 Å². The van der Waals surface area contributed by atoms with E-state index in [4.69, 9.17) is 4.74 Å². The highest BCUT2D eigenvalue weighted by atomic mass is 16.9. The van der Waals surface area contributed by atoms with Gasteiger partial charge in [0.05, 0.1) is 6.61 Å². The van der Waals surface area contributed by atoms with Crippen LogP contribution in [0.2, 0.25) is 0 Å². The van der Waals surface area contributed by atoms with E-state index < -0.39 is 11.2 Å².